The van der Waals surface area contributed by atoms with Gasteiger partial charge in [-0.05, 0) is 31.3 Å². The van der Waals surface area contributed by atoms with E-state index >= 15 is 0 Å². The highest BCUT2D eigenvalue weighted by molar-refractivity contribution is 6.02. The molecular formula is C15H18N6. The second-order valence-corrected chi connectivity index (χ2v) is 5.66. The fraction of sp³-hybridized carbons (Fsp3) is 0.400. The van der Waals surface area contributed by atoms with Gasteiger partial charge in [0.1, 0.15) is 5.52 Å². The lowest BCUT2D eigenvalue weighted by Gasteiger charge is -2.32. The van der Waals surface area contributed by atoms with E-state index < -0.39 is 0 Å². The van der Waals surface area contributed by atoms with Crippen LogP contribution in [0.1, 0.15) is 0 Å². The Morgan fingerprint density at radius 2 is 1.86 bits per heavy atom. The summed E-state index contributed by atoms with van der Waals surface area (Å²) in [5.41, 5.74) is 3.01. The minimum Gasteiger partial charge on any atom is -0.304 e. The fourth-order valence-electron chi connectivity index (χ4n) is 2.90. The van der Waals surface area contributed by atoms with Gasteiger partial charge in [-0.15, -0.1) is 5.10 Å². The van der Waals surface area contributed by atoms with Crippen LogP contribution in [0.15, 0.2) is 30.5 Å². The minimum atomic E-state index is 0.790. The lowest BCUT2D eigenvalue weighted by molar-refractivity contribution is 0.120. The highest BCUT2D eigenvalue weighted by atomic mass is 15.5. The van der Waals surface area contributed by atoms with Crippen molar-refractivity contribution in [3.8, 4) is 0 Å². The molecule has 0 aliphatic carbocycles. The van der Waals surface area contributed by atoms with Crippen molar-refractivity contribution in [2.45, 2.75) is 6.67 Å². The van der Waals surface area contributed by atoms with Gasteiger partial charge in [-0.25, -0.2) is 4.68 Å². The third kappa shape index (κ3) is 2.26. The maximum atomic E-state index is 4.42. The molecule has 3 heterocycles. The summed E-state index contributed by atoms with van der Waals surface area (Å²) < 4.78 is 2.00. The van der Waals surface area contributed by atoms with Gasteiger partial charge < -0.3 is 4.90 Å². The average molecular weight is 282 g/mol. The van der Waals surface area contributed by atoms with E-state index in [-0.39, 0.29) is 0 Å². The van der Waals surface area contributed by atoms with Crippen molar-refractivity contribution in [2.24, 2.45) is 0 Å². The van der Waals surface area contributed by atoms with Gasteiger partial charge in [0.15, 0.2) is 0 Å². The van der Waals surface area contributed by atoms with Gasteiger partial charge in [0.25, 0.3) is 0 Å². The Morgan fingerprint density at radius 3 is 2.71 bits per heavy atom. The SMILES string of the molecule is CN1CCN(Cn2nnc3ccc4ncccc4c32)CC1. The zero-order valence-corrected chi connectivity index (χ0v) is 12.1. The normalized spacial score (nSPS) is 17.8. The first-order valence-electron chi connectivity index (χ1n) is 7.29. The first kappa shape index (κ1) is 12.7. The summed E-state index contributed by atoms with van der Waals surface area (Å²) >= 11 is 0. The Hall–Kier alpha value is -2.05. The number of benzene rings is 1. The van der Waals surface area contributed by atoms with Crippen LogP contribution >= 0.6 is 0 Å². The van der Waals surface area contributed by atoms with E-state index in [1.54, 1.807) is 0 Å². The molecule has 0 unspecified atom stereocenters. The standard InChI is InChI=1S/C15H18N6/c1-19-7-9-20(10-8-19)11-21-15-12-3-2-6-16-13(12)4-5-14(15)17-18-21/h2-6H,7-11H2,1H3. The molecule has 1 saturated heterocycles. The fourth-order valence-corrected chi connectivity index (χ4v) is 2.90. The Kier molecular flexibility index (Phi) is 3.05. The zero-order valence-electron chi connectivity index (χ0n) is 12.1. The molecule has 2 aromatic heterocycles. The third-order valence-corrected chi connectivity index (χ3v) is 4.18. The Labute approximate surface area is 123 Å². The van der Waals surface area contributed by atoms with Crippen molar-refractivity contribution in [3.63, 3.8) is 0 Å². The molecule has 0 radical (unpaired) electrons. The van der Waals surface area contributed by atoms with Crippen LogP contribution < -0.4 is 0 Å². The molecule has 1 aliphatic rings. The Morgan fingerprint density at radius 1 is 1.05 bits per heavy atom. The van der Waals surface area contributed by atoms with Crippen LogP contribution in [-0.4, -0.2) is 63.0 Å². The first-order valence-corrected chi connectivity index (χ1v) is 7.29. The molecule has 21 heavy (non-hydrogen) atoms. The van der Waals surface area contributed by atoms with Gasteiger partial charge in [0, 0.05) is 37.8 Å². The third-order valence-electron chi connectivity index (χ3n) is 4.18. The van der Waals surface area contributed by atoms with Crippen molar-refractivity contribution in [2.75, 3.05) is 33.2 Å². The van der Waals surface area contributed by atoms with Crippen LogP contribution in [0, 0.1) is 0 Å². The molecule has 0 bridgehead atoms. The number of hydrogen-bond donors (Lipinski definition) is 0. The Bertz CT molecular complexity index is 772. The highest BCUT2D eigenvalue weighted by Gasteiger charge is 2.16. The lowest BCUT2D eigenvalue weighted by Crippen LogP contribution is -2.45. The summed E-state index contributed by atoms with van der Waals surface area (Å²) in [4.78, 5) is 9.20. The number of likely N-dealkylation sites (N-methyl/N-ethyl adjacent to an activating group) is 1. The van der Waals surface area contributed by atoms with Crippen LogP contribution in [0.5, 0.6) is 0 Å². The van der Waals surface area contributed by atoms with Crippen LogP contribution in [0.4, 0.5) is 0 Å². The van der Waals surface area contributed by atoms with Gasteiger partial charge in [0.2, 0.25) is 0 Å². The summed E-state index contributed by atoms with van der Waals surface area (Å²) in [7, 11) is 2.17. The number of rotatable bonds is 2. The number of nitrogens with zero attached hydrogens (tertiary/aromatic N) is 6. The molecule has 1 aromatic carbocycles. The predicted molar refractivity (Wildman–Crippen MR) is 81.9 cm³/mol. The van der Waals surface area contributed by atoms with Crippen molar-refractivity contribution in [1.82, 2.24) is 29.8 Å². The van der Waals surface area contributed by atoms with E-state index in [4.69, 9.17) is 0 Å². The summed E-state index contributed by atoms with van der Waals surface area (Å²) in [6.07, 6.45) is 1.82. The van der Waals surface area contributed by atoms with Crippen LogP contribution in [0.2, 0.25) is 0 Å². The van der Waals surface area contributed by atoms with Crippen LogP contribution in [0.3, 0.4) is 0 Å². The van der Waals surface area contributed by atoms with Gasteiger partial charge in [-0.3, -0.25) is 9.88 Å². The maximum absolute atomic E-state index is 4.42. The average Bonchev–Trinajstić information content (AvgIpc) is 2.93. The van der Waals surface area contributed by atoms with E-state index in [0.717, 1.165) is 54.8 Å². The number of piperazine rings is 1. The molecule has 0 N–H and O–H groups in total. The first-order chi connectivity index (χ1) is 10.3. The number of aromatic nitrogens is 4. The summed E-state index contributed by atoms with van der Waals surface area (Å²) in [6, 6.07) is 8.06. The highest BCUT2D eigenvalue weighted by Crippen LogP contribution is 2.22. The molecule has 1 fully saturated rings. The molecule has 6 heteroatoms. The number of hydrogen-bond acceptors (Lipinski definition) is 5. The van der Waals surface area contributed by atoms with Gasteiger partial charge in [-0.2, -0.15) is 0 Å². The van der Waals surface area contributed by atoms with E-state index in [0.29, 0.717) is 0 Å². The quantitative estimate of drug-likeness (QED) is 0.706. The smallest absolute Gasteiger partial charge is 0.114 e. The van der Waals surface area contributed by atoms with Crippen molar-refractivity contribution >= 4 is 21.9 Å². The maximum Gasteiger partial charge on any atom is 0.114 e. The van der Waals surface area contributed by atoms with Gasteiger partial charge in [0.05, 0.1) is 17.7 Å². The molecule has 4 rings (SSSR count). The van der Waals surface area contributed by atoms with Gasteiger partial charge >= 0.3 is 0 Å². The Balaban J connectivity index is 1.73. The monoisotopic (exact) mass is 282 g/mol. The van der Waals surface area contributed by atoms with Crippen molar-refractivity contribution in [3.05, 3.63) is 30.5 Å². The largest absolute Gasteiger partial charge is 0.304 e. The minimum absolute atomic E-state index is 0.790. The summed E-state index contributed by atoms with van der Waals surface area (Å²) in [5, 5.41) is 9.76. The lowest BCUT2D eigenvalue weighted by atomic mass is 10.2. The second-order valence-electron chi connectivity index (χ2n) is 5.66. The molecule has 108 valence electrons. The molecule has 0 amide bonds. The van der Waals surface area contributed by atoms with Crippen molar-refractivity contribution < 1.29 is 0 Å². The van der Waals surface area contributed by atoms with E-state index in [9.17, 15) is 0 Å². The molecule has 0 atom stereocenters. The van der Waals surface area contributed by atoms with E-state index in [1.807, 2.05) is 29.1 Å². The van der Waals surface area contributed by atoms with Crippen molar-refractivity contribution in [1.29, 1.82) is 0 Å². The van der Waals surface area contributed by atoms with Crippen LogP contribution in [0.25, 0.3) is 21.9 Å². The van der Waals surface area contributed by atoms with E-state index in [1.165, 1.54) is 0 Å². The molecule has 0 spiro atoms. The molecule has 6 nitrogen and oxygen atoms in total. The predicted octanol–water partition coefficient (Wildman–Crippen LogP) is 1.18. The van der Waals surface area contributed by atoms with Gasteiger partial charge in [-0.1, -0.05) is 5.21 Å². The van der Waals surface area contributed by atoms with E-state index in [2.05, 4.69) is 38.2 Å². The second kappa shape index (κ2) is 5.05. The summed E-state index contributed by atoms with van der Waals surface area (Å²) in [5.74, 6) is 0. The number of fused-ring (bicyclic) bond motifs is 3. The zero-order chi connectivity index (χ0) is 14.2. The molecular weight excluding hydrogens is 264 g/mol. The topological polar surface area (TPSA) is 50.1 Å². The molecule has 0 saturated carbocycles. The van der Waals surface area contributed by atoms with Crippen LogP contribution in [-0.2, 0) is 6.67 Å². The number of pyridine rings is 1. The summed E-state index contributed by atoms with van der Waals surface area (Å²) in [6.45, 7) is 5.14. The molecule has 1 aliphatic heterocycles. The molecule has 3 aromatic rings.